The monoisotopic (exact) mass is 362 g/mol. The number of hydrogen-bond donors (Lipinski definition) is 0. The molecule has 1 aliphatic carbocycles. The number of fused-ring (bicyclic) bond motifs is 1. The first-order chi connectivity index (χ1) is 12.1. The van der Waals surface area contributed by atoms with Gasteiger partial charge in [0.2, 0.25) is 0 Å². The number of nitro groups is 1. The maximum Gasteiger partial charge on any atom is 0.433 e. The van der Waals surface area contributed by atoms with Gasteiger partial charge in [0, 0.05) is 31.1 Å². The second-order valence-electron chi connectivity index (χ2n) is 6.29. The molecule has 132 valence electrons. The zero-order chi connectivity index (χ0) is 17.4. The molecular formula is C16H18N4O4S. The Bertz CT molecular complexity index is 785. The van der Waals surface area contributed by atoms with Gasteiger partial charge in [-0.05, 0) is 25.3 Å². The van der Waals surface area contributed by atoms with Crippen molar-refractivity contribution in [2.24, 2.45) is 0 Å². The number of carbonyl (C=O) groups excluding carboxylic acids is 1. The molecule has 25 heavy (non-hydrogen) atoms. The number of aromatic nitrogens is 1. The molecule has 9 heteroatoms. The molecule has 4 rings (SSSR count). The average molecular weight is 362 g/mol. The molecule has 0 spiro atoms. The number of carbonyl (C=O) groups is 1. The first-order valence-electron chi connectivity index (χ1n) is 8.33. The van der Waals surface area contributed by atoms with Gasteiger partial charge >= 0.3 is 5.88 Å². The summed E-state index contributed by atoms with van der Waals surface area (Å²) >= 11 is 1.81. The van der Waals surface area contributed by atoms with E-state index in [1.54, 1.807) is 4.90 Å². The SMILES string of the molecule is O=C(c1ccc([N+](=O)[O-])o1)N1CCN(Cc2nc3c(s2)CCC3)CC1. The van der Waals surface area contributed by atoms with Gasteiger partial charge in [-0.15, -0.1) is 11.3 Å². The predicted molar refractivity (Wildman–Crippen MR) is 90.7 cm³/mol. The van der Waals surface area contributed by atoms with E-state index in [1.807, 2.05) is 11.3 Å². The van der Waals surface area contributed by atoms with Gasteiger partial charge in [-0.1, -0.05) is 0 Å². The maximum absolute atomic E-state index is 12.4. The van der Waals surface area contributed by atoms with Crippen molar-refractivity contribution in [1.29, 1.82) is 0 Å². The number of hydrogen-bond acceptors (Lipinski definition) is 7. The lowest BCUT2D eigenvalue weighted by atomic mass is 10.3. The number of piperazine rings is 1. The first kappa shape index (κ1) is 16.2. The van der Waals surface area contributed by atoms with Gasteiger partial charge in [-0.25, -0.2) is 4.98 Å². The van der Waals surface area contributed by atoms with E-state index in [1.165, 1.54) is 29.1 Å². The minimum Gasteiger partial charge on any atom is -0.395 e. The Morgan fingerprint density at radius 2 is 2.08 bits per heavy atom. The highest BCUT2D eigenvalue weighted by atomic mass is 32.1. The summed E-state index contributed by atoms with van der Waals surface area (Å²) in [5, 5.41) is 11.8. The highest BCUT2D eigenvalue weighted by molar-refractivity contribution is 7.11. The molecule has 2 aliphatic rings. The molecule has 1 saturated heterocycles. The smallest absolute Gasteiger partial charge is 0.395 e. The average Bonchev–Trinajstić information content (AvgIpc) is 3.30. The molecule has 0 aromatic carbocycles. The van der Waals surface area contributed by atoms with Crippen molar-refractivity contribution in [3.05, 3.63) is 43.6 Å². The molecule has 0 unspecified atom stereocenters. The van der Waals surface area contributed by atoms with Gasteiger partial charge in [0.15, 0.2) is 5.76 Å². The third-order valence-corrected chi connectivity index (χ3v) is 5.78. The first-order valence-corrected chi connectivity index (χ1v) is 9.15. The Kier molecular flexibility index (Phi) is 4.26. The zero-order valence-corrected chi connectivity index (χ0v) is 14.5. The van der Waals surface area contributed by atoms with Crippen LogP contribution >= 0.6 is 11.3 Å². The summed E-state index contributed by atoms with van der Waals surface area (Å²) in [5.74, 6) is -0.670. The van der Waals surface area contributed by atoms with Crippen LogP contribution < -0.4 is 0 Å². The van der Waals surface area contributed by atoms with Crippen molar-refractivity contribution in [3.8, 4) is 0 Å². The molecule has 1 fully saturated rings. The van der Waals surface area contributed by atoms with E-state index in [9.17, 15) is 14.9 Å². The zero-order valence-electron chi connectivity index (χ0n) is 13.6. The fraction of sp³-hybridized carbons (Fsp3) is 0.500. The van der Waals surface area contributed by atoms with Gasteiger partial charge in [0.1, 0.15) is 9.93 Å². The normalized spacial score (nSPS) is 17.7. The number of nitrogens with zero attached hydrogens (tertiary/aromatic N) is 4. The molecule has 0 bridgehead atoms. The fourth-order valence-corrected chi connectivity index (χ4v) is 4.51. The Labute approximate surface area is 148 Å². The molecule has 2 aromatic heterocycles. The van der Waals surface area contributed by atoms with Gasteiger partial charge in [-0.3, -0.25) is 19.8 Å². The summed E-state index contributed by atoms with van der Waals surface area (Å²) in [7, 11) is 0. The molecular weight excluding hydrogens is 344 g/mol. The number of aryl methyl sites for hydroxylation is 2. The van der Waals surface area contributed by atoms with Crippen molar-refractivity contribution >= 4 is 23.1 Å². The van der Waals surface area contributed by atoms with Crippen LogP contribution in [-0.2, 0) is 19.4 Å². The molecule has 0 radical (unpaired) electrons. The van der Waals surface area contributed by atoms with Crippen LogP contribution in [0.15, 0.2) is 16.5 Å². The largest absolute Gasteiger partial charge is 0.433 e. The summed E-state index contributed by atoms with van der Waals surface area (Å²) in [6.45, 7) is 3.51. The predicted octanol–water partition coefficient (Wildman–Crippen LogP) is 2.09. The van der Waals surface area contributed by atoms with Crippen LogP contribution in [0, 0.1) is 10.1 Å². The van der Waals surface area contributed by atoms with Crippen molar-refractivity contribution in [2.45, 2.75) is 25.8 Å². The van der Waals surface area contributed by atoms with Crippen LogP contribution in [0.25, 0.3) is 0 Å². The van der Waals surface area contributed by atoms with E-state index in [-0.39, 0.29) is 11.7 Å². The van der Waals surface area contributed by atoms with E-state index in [0.29, 0.717) is 13.1 Å². The summed E-state index contributed by atoms with van der Waals surface area (Å²) < 4.78 is 5.01. The number of amides is 1. The molecule has 0 N–H and O–H groups in total. The molecule has 3 heterocycles. The van der Waals surface area contributed by atoms with E-state index < -0.39 is 10.8 Å². The molecule has 0 saturated carbocycles. The van der Waals surface area contributed by atoms with Gasteiger partial charge in [0.25, 0.3) is 5.91 Å². The van der Waals surface area contributed by atoms with Crippen LogP contribution in [0.2, 0.25) is 0 Å². The Balaban J connectivity index is 1.32. The van der Waals surface area contributed by atoms with Gasteiger partial charge in [-0.2, -0.15) is 0 Å². The summed E-state index contributed by atoms with van der Waals surface area (Å²) in [5.41, 5.74) is 1.27. The van der Waals surface area contributed by atoms with Gasteiger partial charge in [0.05, 0.1) is 18.3 Å². The lowest BCUT2D eigenvalue weighted by Gasteiger charge is -2.33. The Hall–Kier alpha value is -2.26. The second kappa shape index (κ2) is 6.57. The van der Waals surface area contributed by atoms with Gasteiger partial charge < -0.3 is 9.32 Å². The molecule has 1 aliphatic heterocycles. The molecule has 1 amide bonds. The second-order valence-corrected chi connectivity index (χ2v) is 7.46. The number of furan rings is 1. The quantitative estimate of drug-likeness (QED) is 0.611. The molecule has 8 nitrogen and oxygen atoms in total. The van der Waals surface area contributed by atoms with Crippen molar-refractivity contribution in [1.82, 2.24) is 14.8 Å². The van der Waals surface area contributed by atoms with E-state index >= 15 is 0 Å². The fourth-order valence-electron chi connectivity index (χ4n) is 3.31. The van der Waals surface area contributed by atoms with Crippen LogP contribution in [0.1, 0.15) is 32.6 Å². The summed E-state index contributed by atoms with van der Waals surface area (Å²) in [6, 6.07) is 2.58. The number of rotatable bonds is 4. The van der Waals surface area contributed by atoms with Crippen LogP contribution in [-0.4, -0.2) is 51.8 Å². The minimum absolute atomic E-state index is 0.0245. The van der Waals surface area contributed by atoms with Crippen molar-refractivity contribution in [2.75, 3.05) is 26.2 Å². The molecule has 0 atom stereocenters. The van der Waals surface area contributed by atoms with Crippen molar-refractivity contribution in [3.63, 3.8) is 0 Å². The Morgan fingerprint density at radius 1 is 1.28 bits per heavy atom. The lowest BCUT2D eigenvalue weighted by molar-refractivity contribution is -0.402. The lowest BCUT2D eigenvalue weighted by Crippen LogP contribution is -2.48. The molecule has 2 aromatic rings. The van der Waals surface area contributed by atoms with Crippen molar-refractivity contribution < 1.29 is 14.1 Å². The Morgan fingerprint density at radius 3 is 2.76 bits per heavy atom. The highest BCUT2D eigenvalue weighted by Gasteiger charge is 2.27. The summed E-state index contributed by atoms with van der Waals surface area (Å²) in [6.07, 6.45) is 3.48. The number of thiazole rings is 1. The van der Waals surface area contributed by atoms with E-state index in [0.717, 1.165) is 37.5 Å². The van der Waals surface area contributed by atoms with E-state index in [2.05, 4.69) is 4.90 Å². The highest BCUT2D eigenvalue weighted by Crippen LogP contribution is 2.28. The van der Waals surface area contributed by atoms with E-state index in [4.69, 9.17) is 9.40 Å². The third-order valence-electron chi connectivity index (χ3n) is 4.64. The summed E-state index contributed by atoms with van der Waals surface area (Å²) in [4.78, 5) is 32.5. The minimum atomic E-state index is -0.639. The van der Waals surface area contributed by atoms with Crippen LogP contribution in [0.3, 0.4) is 0 Å². The maximum atomic E-state index is 12.4. The third kappa shape index (κ3) is 3.29. The topological polar surface area (TPSA) is 92.7 Å². The van der Waals surface area contributed by atoms with Crippen LogP contribution in [0.4, 0.5) is 5.88 Å². The standard InChI is InChI=1S/C16H18N4O4S/c21-16(12-4-5-15(24-12)20(22)23)19-8-6-18(7-9-19)10-14-17-11-2-1-3-13(11)25-14/h4-5H,1-3,6-10H2. The van der Waals surface area contributed by atoms with Crippen LogP contribution in [0.5, 0.6) is 0 Å².